The molecule has 0 spiro atoms. The summed E-state index contributed by atoms with van der Waals surface area (Å²) in [7, 11) is 0. The summed E-state index contributed by atoms with van der Waals surface area (Å²) in [4.78, 5) is 17.1. The Bertz CT molecular complexity index is 1270. The highest BCUT2D eigenvalue weighted by Gasteiger charge is 2.14. The molecule has 2 aliphatic heterocycles. The largest absolute Gasteiger partial charge is 0.355 e. The molecule has 5 rings (SSSR count). The van der Waals surface area contributed by atoms with Crippen molar-refractivity contribution in [2.24, 2.45) is 0 Å². The average Bonchev–Trinajstić information content (AvgIpc) is 3.57. The van der Waals surface area contributed by atoms with Gasteiger partial charge >= 0.3 is 0 Å². The van der Waals surface area contributed by atoms with Crippen molar-refractivity contribution in [1.82, 2.24) is 19.9 Å². The topological polar surface area (TPSA) is 57.4 Å². The molecule has 0 saturated carbocycles. The third-order valence-electron chi connectivity index (χ3n) is 5.73. The van der Waals surface area contributed by atoms with Crippen LogP contribution in [0.1, 0.15) is 60.6 Å². The Balaban J connectivity index is 1.90. The van der Waals surface area contributed by atoms with Crippen molar-refractivity contribution in [2.75, 3.05) is 0 Å². The molecule has 0 amide bonds. The van der Waals surface area contributed by atoms with Gasteiger partial charge in [-0.3, -0.25) is 0 Å². The lowest BCUT2D eigenvalue weighted by Gasteiger charge is -2.01. The Labute approximate surface area is 190 Å². The average molecular weight is 473 g/mol. The Morgan fingerprint density at radius 1 is 0.677 bits per heavy atom. The first kappa shape index (κ1) is 20.0. The van der Waals surface area contributed by atoms with Crippen LogP contribution in [-0.4, -0.2) is 19.9 Å². The summed E-state index contributed by atoms with van der Waals surface area (Å²) in [5, 5.41) is 0. The number of rotatable bonds is 4. The van der Waals surface area contributed by atoms with Gasteiger partial charge in [0.15, 0.2) is 0 Å². The van der Waals surface area contributed by atoms with Gasteiger partial charge in [0.25, 0.3) is 0 Å². The number of fused-ring (bicyclic) bond motifs is 8. The van der Waals surface area contributed by atoms with E-state index in [4.69, 9.17) is 9.97 Å². The van der Waals surface area contributed by atoms with Crippen LogP contribution in [-0.2, 0) is 12.8 Å². The van der Waals surface area contributed by atoms with Gasteiger partial charge in [0.2, 0.25) is 0 Å². The maximum atomic E-state index is 4.95. The number of aromatic nitrogens is 4. The smallest absolute Gasteiger partial charge is 0.0801 e. The molecule has 0 aromatic carbocycles. The Morgan fingerprint density at radius 2 is 1.13 bits per heavy atom. The quantitative estimate of drug-likeness (QED) is 0.287. The highest BCUT2D eigenvalue weighted by molar-refractivity contribution is 9.10. The standard InChI is InChI=1S/C26H25BrN4/c1-3-5-18-20-9-7-16(28-20)15-17-8-10-21(29-17)19(6-4-2)23-12-14-25(31-23)26(27)24-13-11-22(18)30-24/h7-15,28-29H,3-6H2,1-2H3. The van der Waals surface area contributed by atoms with Crippen LogP contribution in [0, 0.1) is 0 Å². The molecule has 4 nitrogen and oxygen atoms in total. The molecule has 156 valence electrons. The number of hydrogen-bond acceptors (Lipinski definition) is 2. The number of nitrogens with one attached hydrogen (secondary N) is 2. The summed E-state index contributed by atoms with van der Waals surface area (Å²) in [6.07, 6.45) is 12.4. The zero-order valence-electron chi connectivity index (χ0n) is 17.8. The molecule has 0 saturated heterocycles. The second-order valence-corrected chi connectivity index (χ2v) is 8.79. The van der Waals surface area contributed by atoms with Crippen molar-refractivity contribution in [2.45, 2.75) is 39.5 Å². The molecule has 2 aliphatic rings. The van der Waals surface area contributed by atoms with E-state index in [9.17, 15) is 0 Å². The summed E-state index contributed by atoms with van der Waals surface area (Å²) in [5.41, 5.74) is 10.7. The Morgan fingerprint density at radius 3 is 1.58 bits per heavy atom. The van der Waals surface area contributed by atoms with Gasteiger partial charge in [0.1, 0.15) is 0 Å². The van der Waals surface area contributed by atoms with E-state index in [2.05, 4.69) is 94.4 Å². The van der Waals surface area contributed by atoms with Gasteiger partial charge in [-0.2, -0.15) is 0 Å². The van der Waals surface area contributed by atoms with Crippen molar-refractivity contribution in [3.05, 3.63) is 68.7 Å². The third-order valence-corrected chi connectivity index (χ3v) is 6.54. The SMILES string of the molecule is CCCc1c2nc(c(Br)c3nc(c(CCC)c4ccc(cc5ccc1[nH]5)[nH]4)C=C3)C=C2. The van der Waals surface area contributed by atoms with E-state index in [1.54, 1.807) is 0 Å². The molecule has 5 heteroatoms. The van der Waals surface area contributed by atoms with Gasteiger partial charge in [-0.25, -0.2) is 9.97 Å². The first-order valence-corrected chi connectivity index (χ1v) is 11.7. The highest BCUT2D eigenvalue weighted by atomic mass is 79.9. The van der Waals surface area contributed by atoms with Crippen molar-refractivity contribution in [3.63, 3.8) is 0 Å². The van der Waals surface area contributed by atoms with E-state index >= 15 is 0 Å². The van der Waals surface area contributed by atoms with Crippen LogP contribution in [0.2, 0.25) is 0 Å². The van der Waals surface area contributed by atoms with E-state index in [0.717, 1.165) is 75.0 Å². The summed E-state index contributed by atoms with van der Waals surface area (Å²) < 4.78 is 0.927. The summed E-state index contributed by atoms with van der Waals surface area (Å²) in [6.45, 7) is 4.41. The van der Waals surface area contributed by atoms with Crippen LogP contribution in [0.4, 0.5) is 0 Å². The molecule has 3 aromatic rings. The number of aromatic amines is 2. The molecular weight excluding hydrogens is 448 g/mol. The van der Waals surface area contributed by atoms with Crippen LogP contribution in [0.25, 0.3) is 46.4 Å². The Kier molecular flexibility index (Phi) is 5.36. The van der Waals surface area contributed by atoms with Gasteiger partial charge in [0.05, 0.1) is 27.2 Å². The maximum absolute atomic E-state index is 4.95. The minimum atomic E-state index is 0.915. The van der Waals surface area contributed by atoms with Crippen molar-refractivity contribution in [3.8, 4) is 0 Å². The molecule has 2 N–H and O–H groups in total. The number of H-pyrrole nitrogens is 2. The predicted octanol–water partition coefficient (Wildman–Crippen LogP) is 7.32. The molecule has 8 bridgehead atoms. The second-order valence-electron chi connectivity index (χ2n) is 8.00. The van der Waals surface area contributed by atoms with E-state index in [1.807, 2.05) is 0 Å². The van der Waals surface area contributed by atoms with Crippen LogP contribution in [0.5, 0.6) is 0 Å². The number of hydrogen-bond donors (Lipinski definition) is 2. The molecule has 0 atom stereocenters. The summed E-state index contributed by atoms with van der Waals surface area (Å²) in [6, 6.07) is 10.7. The second kappa shape index (κ2) is 8.31. The molecule has 5 heterocycles. The predicted molar refractivity (Wildman–Crippen MR) is 135 cm³/mol. The van der Waals surface area contributed by atoms with E-state index < -0.39 is 0 Å². The first-order chi connectivity index (χ1) is 15.2. The van der Waals surface area contributed by atoms with Crippen LogP contribution in [0.3, 0.4) is 0 Å². The number of aryl methyl sites for hydroxylation is 2. The van der Waals surface area contributed by atoms with E-state index in [-0.39, 0.29) is 0 Å². The molecule has 0 radical (unpaired) electrons. The highest BCUT2D eigenvalue weighted by Crippen LogP contribution is 2.29. The third kappa shape index (κ3) is 3.79. The van der Waals surface area contributed by atoms with Crippen molar-refractivity contribution >= 4 is 62.3 Å². The molecule has 0 aliphatic carbocycles. The monoisotopic (exact) mass is 472 g/mol. The first-order valence-electron chi connectivity index (χ1n) is 10.9. The molecular formula is C26H25BrN4. The van der Waals surface area contributed by atoms with Crippen LogP contribution in [0.15, 0.2) is 34.8 Å². The van der Waals surface area contributed by atoms with Crippen molar-refractivity contribution in [1.29, 1.82) is 0 Å². The van der Waals surface area contributed by atoms with Gasteiger partial charge in [-0.15, -0.1) is 0 Å². The van der Waals surface area contributed by atoms with Crippen LogP contribution < -0.4 is 0 Å². The number of nitrogens with zero attached hydrogens (tertiary/aromatic N) is 2. The van der Waals surface area contributed by atoms with Crippen LogP contribution >= 0.6 is 15.9 Å². The van der Waals surface area contributed by atoms with Gasteiger partial charge in [-0.1, -0.05) is 26.7 Å². The summed E-state index contributed by atoms with van der Waals surface area (Å²) >= 11 is 3.77. The lowest BCUT2D eigenvalue weighted by Crippen LogP contribution is -1.91. The molecule has 3 aromatic heterocycles. The van der Waals surface area contributed by atoms with Crippen molar-refractivity contribution < 1.29 is 0 Å². The van der Waals surface area contributed by atoms with E-state index in [0.29, 0.717) is 0 Å². The maximum Gasteiger partial charge on any atom is 0.0801 e. The van der Waals surface area contributed by atoms with Gasteiger partial charge in [-0.05, 0) is 83.4 Å². The fourth-order valence-electron chi connectivity index (χ4n) is 4.25. The fourth-order valence-corrected chi connectivity index (χ4v) is 4.69. The van der Waals surface area contributed by atoms with E-state index in [1.165, 1.54) is 11.1 Å². The molecule has 0 unspecified atom stereocenters. The summed E-state index contributed by atoms with van der Waals surface area (Å²) in [5.74, 6) is 0. The van der Waals surface area contributed by atoms with Gasteiger partial charge < -0.3 is 9.97 Å². The minimum Gasteiger partial charge on any atom is -0.355 e. The molecule has 0 fully saturated rings. The lowest BCUT2D eigenvalue weighted by molar-refractivity contribution is 0.918. The minimum absolute atomic E-state index is 0.915. The zero-order valence-corrected chi connectivity index (χ0v) is 19.4. The number of halogens is 1. The lowest BCUT2D eigenvalue weighted by atomic mass is 10.1. The molecule has 31 heavy (non-hydrogen) atoms. The fraction of sp³-hybridized carbons (Fsp3) is 0.231. The van der Waals surface area contributed by atoms with Gasteiger partial charge in [0, 0.05) is 33.2 Å². The Hall–Kier alpha value is -2.92. The zero-order chi connectivity index (χ0) is 21.4. The normalized spacial score (nSPS) is 12.6.